The van der Waals surface area contributed by atoms with Crippen molar-refractivity contribution in [2.75, 3.05) is 6.54 Å². The number of hydrogen-bond donors (Lipinski definition) is 0. The number of nitriles is 1. The highest BCUT2D eigenvalue weighted by atomic mass is 35.5. The minimum Gasteiger partial charge on any atom is -0.264 e. The van der Waals surface area contributed by atoms with E-state index in [0.29, 0.717) is 10.6 Å². The molecule has 0 aliphatic rings. The molecule has 0 N–H and O–H groups in total. The summed E-state index contributed by atoms with van der Waals surface area (Å²) < 4.78 is 0. The zero-order valence-corrected chi connectivity index (χ0v) is 7.94. The Morgan fingerprint density at radius 1 is 1.50 bits per heavy atom. The Hall–Kier alpha value is -1.60. The quantitative estimate of drug-likeness (QED) is 0.568. The second-order valence-electron chi connectivity index (χ2n) is 2.75. The molecule has 0 heterocycles. The molecule has 0 radical (unpaired) electrons. The first-order valence-electron chi connectivity index (χ1n) is 3.90. The van der Waals surface area contributed by atoms with Crippen LogP contribution in [0.15, 0.2) is 24.3 Å². The van der Waals surface area contributed by atoms with Crippen molar-refractivity contribution in [1.29, 1.82) is 5.26 Å². The van der Waals surface area contributed by atoms with Crippen molar-refractivity contribution in [3.8, 4) is 6.07 Å². The summed E-state index contributed by atoms with van der Waals surface area (Å²) in [7, 11) is 0. The third-order valence-corrected chi connectivity index (χ3v) is 2.01. The van der Waals surface area contributed by atoms with Crippen LogP contribution in [-0.2, 0) is 0 Å². The highest BCUT2D eigenvalue weighted by molar-refractivity contribution is 6.30. The molecule has 5 heteroatoms. The van der Waals surface area contributed by atoms with Gasteiger partial charge in [-0.2, -0.15) is 5.26 Å². The van der Waals surface area contributed by atoms with Crippen LogP contribution in [0.25, 0.3) is 0 Å². The Morgan fingerprint density at radius 3 is 2.50 bits per heavy atom. The van der Waals surface area contributed by atoms with Crippen molar-refractivity contribution in [2.24, 2.45) is 0 Å². The van der Waals surface area contributed by atoms with Crippen LogP contribution < -0.4 is 0 Å². The lowest BCUT2D eigenvalue weighted by Gasteiger charge is -2.03. The van der Waals surface area contributed by atoms with Crippen LogP contribution in [0, 0.1) is 21.4 Å². The molecular formula is C9H7ClN2O2. The molecule has 0 saturated carbocycles. The van der Waals surface area contributed by atoms with Crippen molar-refractivity contribution in [3.05, 3.63) is 45.0 Å². The summed E-state index contributed by atoms with van der Waals surface area (Å²) in [4.78, 5) is 9.74. The Bertz CT molecular complexity index is 369. The van der Waals surface area contributed by atoms with Crippen LogP contribution in [-0.4, -0.2) is 11.5 Å². The second-order valence-corrected chi connectivity index (χ2v) is 3.18. The monoisotopic (exact) mass is 210 g/mol. The molecule has 72 valence electrons. The van der Waals surface area contributed by atoms with Crippen LogP contribution in [0.4, 0.5) is 0 Å². The first-order valence-corrected chi connectivity index (χ1v) is 4.28. The molecule has 1 unspecified atom stereocenters. The summed E-state index contributed by atoms with van der Waals surface area (Å²) >= 11 is 5.65. The largest absolute Gasteiger partial charge is 0.264 e. The third kappa shape index (κ3) is 2.71. The molecular weight excluding hydrogens is 204 g/mol. The van der Waals surface area contributed by atoms with Gasteiger partial charge in [-0.1, -0.05) is 23.7 Å². The minimum atomic E-state index is -0.706. The zero-order valence-electron chi connectivity index (χ0n) is 7.18. The first-order chi connectivity index (χ1) is 6.63. The Morgan fingerprint density at radius 2 is 2.07 bits per heavy atom. The Labute approximate surface area is 85.9 Å². The fourth-order valence-electron chi connectivity index (χ4n) is 1.06. The van der Waals surface area contributed by atoms with Crippen molar-refractivity contribution in [1.82, 2.24) is 0 Å². The number of halogens is 1. The topological polar surface area (TPSA) is 66.9 Å². The van der Waals surface area contributed by atoms with E-state index in [1.54, 1.807) is 24.3 Å². The molecule has 0 aromatic heterocycles. The van der Waals surface area contributed by atoms with Crippen LogP contribution in [0.2, 0.25) is 5.02 Å². The van der Waals surface area contributed by atoms with E-state index in [4.69, 9.17) is 16.9 Å². The minimum absolute atomic E-state index is 0.377. The van der Waals surface area contributed by atoms with E-state index in [2.05, 4.69) is 0 Å². The van der Waals surface area contributed by atoms with Crippen LogP contribution in [0.3, 0.4) is 0 Å². The van der Waals surface area contributed by atoms with E-state index in [1.807, 2.05) is 6.07 Å². The van der Waals surface area contributed by atoms with Gasteiger partial charge in [-0.05, 0) is 17.7 Å². The molecule has 0 saturated heterocycles. The molecule has 1 atom stereocenters. The van der Waals surface area contributed by atoms with Crippen molar-refractivity contribution in [2.45, 2.75) is 5.92 Å². The summed E-state index contributed by atoms with van der Waals surface area (Å²) in [6.07, 6.45) is 0. The van der Waals surface area contributed by atoms with E-state index in [9.17, 15) is 10.1 Å². The van der Waals surface area contributed by atoms with Gasteiger partial charge in [-0.25, -0.2) is 0 Å². The van der Waals surface area contributed by atoms with Gasteiger partial charge in [-0.15, -0.1) is 0 Å². The molecule has 4 nitrogen and oxygen atoms in total. The maximum atomic E-state index is 10.2. The van der Waals surface area contributed by atoms with Gasteiger partial charge in [0.15, 0.2) is 0 Å². The van der Waals surface area contributed by atoms with Gasteiger partial charge in [0.25, 0.3) is 0 Å². The fourth-order valence-corrected chi connectivity index (χ4v) is 1.19. The summed E-state index contributed by atoms with van der Waals surface area (Å²) in [5.41, 5.74) is 0.619. The molecule has 0 bridgehead atoms. The van der Waals surface area contributed by atoms with E-state index in [1.165, 1.54) is 0 Å². The van der Waals surface area contributed by atoms with Crippen molar-refractivity contribution >= 4 is 11.6 Å². The van der Waals surface area contributed by atoms with Crippen molar-refractivity contribution < 1.29 is 4.92 Å². The summed E-state index contributed by atoms with van der Waals surface area (Å²) in [6, 6.07) is 8.36. The summed E-state index contributed by atoms with van der Waals surface area (Å²) in [6.45, 7) is -0.377. The Balaban J connectivity index is 2.85. The fraction of sp³-hybridized carbons (Fsp3) is 0.222. The number of hydrogen-bond acceptors (Lipinski definition) is 3. The normalized spacial score (nSPS) is 11.7. The molecule has 0 amide bonds. The maximum absolute atomic E-state index is 10.2. The van der Waals surface area contributed by atoms with Gasteiger partial charge < -0.3 is 0 Å². The lowest BCUT2D eigenvalue weighted by atomic mass is 10.0. The van der Waals surface area contributed by atoms with Gasteiger partial charge in [0, 0.05) is 9.95 Å². The third-order valence-electron chi connectivity index (χ3n) is 1.76. The van der Waals surface area contributed by atoms with Gasteiger partial charge in [0.1, 0.15) is 5.92 Å². The van der Waals surface area contributed by atoms with Gasteiger partial charge in [0.05, 0.1) is 6.07 Å². The summed E-state index contributed by atoms with van der Waals surface area (Å²) in [5.74, 6) is -0.706. The van der Waals surface area contributed by atoms with E-state index in [0.717, 1.165) is 0 Å². The lowest BCUT2D eigenvalue weighted by molar-refractivity contribution is -0.481. The molecule has 0 aliphatic heterocycles. The molecule has 0 fully saturated rings. The highest BCUT2D eigenvalue weighted by Crippen LogP contribution is 2.17. The average molecular weight is 211 g/mol. The van der Waals surface area contributed by atoms with Gasteiger partial charge in [-0.3, -0.25) is 10.1 Å². The lowest BCUT2D eigenvalue weighted by Crippen LogP contribution is -2.10. The molecule has 14 heavy (non-hydrogen) atoms. The summed E-state index contributed by atoms with van der Waals surface area (Å²) in [5, 5.41) is 19.5. The standard InChI is InChI=1S/C9H7ClN2O2/c10-9-3-1-7(2-4-9)8(5-11)6-12(13)14/h1-4,8H,6H2. The second kappa shape index (κ2) is 4.58. The smallest absolute Gasteiger partial charge is 0.223 e. The van der Waals surface area contributed by atoms with Crippen LogP contribution in [0.5, 0.6) is 0 Å². The zero-order chi connectivity index (χ0) is 10.6. The van der Waals surface area contributed by atoms with Crippen LogP contribution in [0.1, 0.15) is 11.5 Å². The number of nitrogens with zero attached hydrogens (tertiary/aromatic N) is 2. The Kier molecular flexibility index (Phi) is 3.43. The number of benzene rings is 1. The SMILES string of the molecule is N#CC(C[N+](=O)[O-])c1ccc(Cl)cc1. The predicted molar refractivity (Wildman–Crippen MR) is 51.7 cm³/mol. The average Bonchev–Trinajstić information content (AvgIpc) is 2.15. The predicted octanol–water partition coefficient (Wildman–Crippen LogP) is 2.22. The van der Waals surface area contributed by atoms with E-state index >= 15 is 0 Å². The first kappa shape index (κ1) is 10.5. The van der Waals surface area contributed by atoms with E-state index < -0.39 is 10.8 Å². The molecule has 1 aromatic carbocycles. The molecule has 0 aliphatic carbocycles. The van der Waals surface area contributed by atoms with Gasteiger partial charge in [0.2, 0.25) is 6.54 Å². The van der Waals surface area contributed by atoms with Gasteiger partial charge >= 0.3 is 0 Å². The highest BCUT2D eigenvalue weighted by Gasteiger charge is 2.16. The van der Waals surface area contributed by atoms with E-state index in [-0.39, 0.29) is 6.54 Å². The molecule has 1 aromatic rings. The number of rotatable bonds is 3. The molecule has 0 spiro atoms. The molecule has 1 rings (SSSR count). The maximum Gasteiger partial charge on any atom is 0.223 e. The number of nitro groups is 1. The van der Waals surface area contributed by atoms with Crippen molar-refractivity contribution in [3.63, 3.8) is 0 Å². The van der Waals surface area contributed by atoms with Crippen LogP contribution >= 0.6 is 11.6 Å².